The molecule has 160 valence electrons. The number of nitrogens with zero attached hydrogens (tertiary/aromatic N) is 1. The minimum Gasteiger partial charge on any atom is -0.497 e. The Morgan fingerprint density at radius 2 is 1.80 bits per heavy atom. The standard InChI is InChI=1S/C23H28ClN3O3/c1-16-4-7-18(14-20(16)24)26-22(29)27-12-10-23(2,11-13-27)21(28)25-15-17-5-8-19(30-3)9-6-17/h4-9,14H,10-13,15H2,1-3H3,(H,25,28)(H,26,29). The van der Waals surface area contributed by atoms with Gasteiger partial charge in [-0.05, 0) is 55.2 Å². The first kappa shape index (κ1) is 22.0. The highest BCUT2D eigenvalue weighted by atomic mass is 35.5. The maximum absolute atomic E-state index is 12.8. The Morgan fingerprint density at radius 1 is 1.13 bits per heavy atom. The molecule has 1 aliphatic heterocycles. The number of hydrogen-bond acceptors (Lipinski definition) is 3. The highest BCUT2D eigenvalue weighted by Gasteiger charge is 2.37. The lowest BCUT2D eigenvalue weighted by Crippen LogP contribution is -2.49. The maximum atomic E-state index is 12.8. The second kappa shape index (κ2) is 9.39. The first-order chi connectivity index (χ1) is 14.3. The van der Waals surface area contributed by atoms with Crippen LogP contribution in [-0.4, -0.2) is 37.0 Å². The topological polar surface area (TPSA) is 70.7 Å². The van der Waals surface area contributed by atoms with Crippen LogP contribution in [0.25, 0.3) is 0 Å². The molecular weight excluding hydrogens is 402 g/mol. The second-order valence-corrected chi connectivity index (χ2v) is 8.38. The molecule has 7 heteroatoms. The molecule has 0 aliphatic carbocycles. The minimum atomic E-state index is -0.490. The van der Waals surface area contributed by atoms with Gasteiger partial charge in [0, 0.05) is 35.8 Å². The summed E-state index contributed by atoms with van der Waals surface area (Å²) in [5, 5.41) is 6.53. The average Bonchev–Trinajstić information content (AvgIpc) is 2.75. The molecule has 0 unspecified atom stereocenters. The number of amides is 3. The average molecular weight is 430 g/mol. The van der Waals surface area contributed by atoms with Crippen molar-refractivity contribution >= 4 is 29.2 Å². The number of rotatable bonds is 5. The molecule has 2 N–H and O–H groups in total. The molecule has 30 heavy (non-hydrogen) atoms. The van der Waals surface area contributed by atoms with Crippen molar-refractivity contribution < 1.29 is 14.3 Å². The molecule has 1 fully saturated rings. The van der Waals surface area contributed by atoms with E-state index in [1.165, 1.54) is 0 Å². The number of halogens is 1. The predicted molar refractivity (Wildman–Crippen MR) is 119 cm³/mol. The Labute approximate surface area is 182 Å². The van der Waals surface area contributed by atoms with Gasteiger partial charge in [0.1, 0.15) is 5.75 Å². The number of methoxy groups -OCH3 is 1. The number of carbonyl (C=O) groups excluding carboxylic acids is 2. The summed E-state index contributed by atoms with van der Waals surface area (Å²) in [5.74, 6) is 0.805. The first-order valence-corrected chi connectivity index (χ1v) is 10.4. The monoisotopic (exact) mass is 429 g/mol. The van der Waals surface area contributed by atoms with Crippen molar-refractivity contribution in [2.75, 3.05) is 25.5 Å². The molecule has 2 aromatic carbocycles. The first-order valence-electron chi connectivity index (χ1n) is 10.0. The molecule has 1 aliphatic rings. The Hall–Kier alpha value is -2.73. The van der Waals surface area contributed by atoms with Crippen LogP contribution in [0.4, 0.5) is 10.5 Å². The third kappa shape index (κ3) is 5.25. The molecule has 1 heterocycles. The maximum Gasteiger partial charge on any atom is 0.321 e. The summed E-state index contributed by atoms with van der Waals surface area (Å²) in [4.78, 5) is 27.1. The van der Waals surface area contributed by atoms with Gasteiger partial charge in [0.2, 0.25) is 5.91 Å². The minimum absolute atomic E-state index is 0.0173. The fraction of sp³-hybridized carbons (Fsp3) is 0.391. The van der Waals surface area contributed by atoms with Crippen LogP contribution in [0.5, 0.6) is 5.75 Å². The number of benzene rings is 2. The molecule has 0 atom stereocenters. The van der Waals surface area contributed by atoms with E-state index in [1.54, 1.807) is 18.1 Å². The van der Waals surface area contributed by atoms with Crippen LogP contribution >= 0.6 is 11.6 Å². The summed E-state index contributed by atoms with van der Waals surface area (Å²) in [5.41, 5.74) is 2.16. The van der Waals surface area contributed by atoms with Crippen molar-refractivity contribution in [3.8, 4) is 5.75 Å². The van der Waals surface area contributed by atoms with Gasteiger partial charge in [-0.3, -0.25) is 4.79 Å². The molecule has 6 nitrogen and oxygen atoms in total. The fourth-order valence-electron chi connectivity index (χ4n) is 3.44. The highest BCUT2D eigenvalue weighted by Crippen LogP contribution is 2.31. The molecule has 0 bridgehead atoms. The van der Waals surface area contributed by atoms with Crippen molar-refractivity contribution in [3.63, 3.8) is 0 Å². The summed E-state index contributed by atoms with van der Waals surface area (Å²) in [6.07, 6.45) is 1.23. The molecule has 1 saturated heterocycles. The predicted octanol–water partition coefficient (Wildman–Crippen LogP) is 4.61. The van der Waals surface area contributed by atoms with E-state index in [0.29, 0.717) is 43.2 Å². The third-order valence-corrected chi connectivity index (χ3v) is 6.14. The van der Waals surface area contributed by atoms with Crippen LogP contribution in [0.3, 0.4) is 0 Å². The fourth-order valence-corrected chi connectivity index (χ4v) is 3.62. The highest BCUT2D eigenvalue weighted by molar-refractivity contribution is 6.31. The summed E-state index contributed by atoms with van der Waals surface area (Å²) in [6.45, 7) is 5.40. The van der Waals surface area contributed by atoms with Gasteiger partial charge in [-0.1, -0.05) is 36.7 Å². The zero-order valence-electron chi connectivity index (χ0n) is 17.6. The Morgan fingerprint density at radius 3 is 2.40 bits per heavy atom. The summed E-state index contributed by atoms with van der Waals surface area (Å²) >= 11 is 6.13. The van der Waals surface area contributed by atoms with Gasteiger partial charge in [0.15, 0.2) is 0 Å². The number of aryl methyl sites for hydroxylation is 1. The largest absolute Gasteiger partial charge is 0.497 e. The van der Waals surface area contributed by atoms with Crippen molar-refractivity contribution in [2.45, 2.75) is 33.2 Å². The van der Waals surface area contributed by atoms with Crippen molar-refractivity contribution in [3.05, 3.63) is 58.6 Å². The van der Waals surface area contributed by atoms with Crippen LogP contribution in [0.1, 0.15) is 30.9 Å². The number of urea groups is 1. The van der Waals surface area contributed by atoms with E-state index >= 15 is 0 Å². The van der Waals surface area contributed by atoms with E-state index < -0.39 is 5.41 Å². The lowest BCUT2D eigenvalue weighted by Gasteiger charge is -2.38. The lowest BCUT2D eigenvalue weighted by atomic mass is 9.79. The normalized spacial score (nSPS) is 15.4. The molecule has 0 saturated carbocycles. The Balaban J connectivity index is 1.50. The number of piperidine rings is 1. The van der Waals surface area contributed by atoms with E-state index in [2.05, 4.69) is 10.6 Å². The molecule has 3 rings (SSSR count). The smallest absolute Gasteiger partial charge is 0.321 e. The quantitative estimate of drug-likeness (QED) is 0.729. The van der Waals surface area contributed by atoms with Gasteiger partial charge in [-0.15, -0.1) is 0 Å². The second-order valence-electron chi connectivity index (χ2n) is 7.97. The number of anilines is 1. The van der Waals surface area contributed by atoms with Gasteiger partial charge >= 0.3 is 6.03 Å². The number of ether oxygens (including phenoxy) is 1. The SMILES string of the molecule is COc1ccc(CNC(=O)C2(C)CCN(C(=O)Nc3ccc(C)c(Cl)c3)CC2)cc1. The van der Waals surface area contributed by atoms with Crippen LogP contribution < -0.4 is 15.4 Å². The van der Waals surface area contributed by atoms with Crippen molar-refractivity contribution in [2.24, 2.45) is 5.41 Å². The van der Waals surface area contributed by atoms with Crippen LogP contribution in [0, 0.1) is 12.3 Å². The molecule has 2 aromatic rings. The van der Waals surface area contributed by atoms with E-state index in [1.807, 2.05) is 50.2 Å². The van der Waals surface area contributed by atoms with E-state index in [4.69, 9.17) is 16.3 Å². The Kier molecular flexibility index (Phi) is 6.87. The molecule has 0 aromatic heterocycles. The number of nitrogens with one attached hydrogen (secondary N) is 2. The number of carbonyl (C=O) groups is 2. The Bertz CT molecular complexity index is 906. The molecule has 0 spiro atoms. The molecular formula is C23H28ClN3O3. The van der Waals surface area contributed by atoms with E-state index in [0.717, 1.165) is 16.9 Å². The van der Waals surface area contributed by atoms with E-state index in [-0.39, 0.29) is 11.9 Å². The van der Waals surface area contributed by atoms with Crippen LogP contribution in [0.15, 0.2) is 42.5 Å². The van der Waals surface area contributed by atoms with Gasteiger partial charge in [0.05, 0.1) is 7.11 Å². The molecule has 3 amide bonds. The van der Waals surface area contributed by atoms with Gasteiger partial charge < -0.3 is 20.3 Å². The zero-order valence-corrected chi connectivity index (χ0v) is 18.4. The number of likely N-dealkylation sites (tertiary alicyclic amines) is 1. The van der Waals surface area contributed by atoms with Gasteiger partial charge in [-0.2, -0.15) is 0 Å². The molecule has 0 radical (unpaired) electrons. The van der Waals surface area contributed by atoms with Crippen LogP contribution in [0.2, 0.25) is 5.02 Å². The summed E-state index contributed by atoms with van der Waals surface area (Å²) in [7, 11) is 1.63. The lowest BCUT2D eigenvalue weighted by molar-refractivity contribution is -0.132. The van der Waals surface area contributed by atoms with Gasteiger partial charge in [0.25, 0.3) is 0 Å². The van der Waals surface area contributed by atoms with Crippen LogP contribution in [-0.2, 0) is 11.3 Å². The summed E-state index contributed by atoms with van der Waals surface area (Å²) < 4.78 is 5.15. The summed E-state index contributed by atoms with van der Waals surface area (Å²) in [6, 6.07) is 12.9. The van der Waals surface area contributed by atoms with Crippen molar-refractivity contribution in [1.82, 2.24) is 10.2 Å². The third-order valence-electron chi connectivity index (χ3n) is 5.74. The van der Waals surface area contributed by atoms with Gasteiger partial charge in [-0.25, -0.2) is 4.79 Å². The number of hydrogen-bond donors (Lipinski definition) is 2. The van der Waals surface area contributed by atoms with E-state index in [9.17, 15) is 9.59 Å². The van der Waals surface area contributed by atoms with Crippen molar-refractivity contribution in [1.29, 1.82) is 0 Å². The zero-order chi connectivity index (χ0) is 21.7.